The van der Waals surface area contributed by atoms with Gasteiger partial charge in [0.2, 0.25) is 0 Å². The van der Waals surface area contributed by atoms with Gasteiger partial charge in [0.25, 0.3) is 0 Å². The quantitative estimate of drug-likeness (QED) is 0.826. The van der Waals surface area contributed by atoms with Gasteiger partial charge in [0.05, 0.1) is 25.3 Å². The molecule has 1 aliphatic heterocycles. The lowest BCUT2D eigenvalue weighted by molar-refractivity contribution is -0.116. The normalized spacial score (nSPS) is 19.1. The van der Waals surface area contributed by atoms with Crippen molar-refractivity contribution in [2.24, 2.45) is 5.41 Å². The zero-order valence-electron chi connectivity index (χ0n) is 10.3. The van der Waals surface area contributed by atoms with E-state index in [-0.39, 0.29) is 13.2 Å². The van der Waals surface area contributed by atoms with Crippen LogP contribution in [0.4, 0.5) is 8.78 Å². The van der Waals surface area contributed by atoms with E-state index in [1.54, 1.807) is 19.0 Å². The van der Waals surface area contributed by atoms with Crippen LogP contribution in [0.25, 0.3) is 0 Å². The Morgan fingerprint density at radius 1 is 1.39 bits per heavy atom. The molecule has 0 aromatic heterocycles. The van der Waals surface area contributed by atoms with Crippen LogP contribution in [0, 0.1) is 28.4 Å². The highest BCUT2D eigenvalue weighted by Gasteiger charge is 2.49. The zero-order valence-corrected chi connectivity index (χ0v) is 10.3. The lowest BCUT2D eigenvalue weighted by Gasteiger charge is -2.44. The number of hydrogen-bond acceptors (Lipinski definition) is 3. The van der Waals surface area contributed by atoms with Crippen LogP contribution in [0.3, 0.4) is 0 Å². The minimum Gasteiger partial charge on any atom is -0.378 e. The highest BCUT2D eigenvalue weighted by molar-refractivity contribution is 5.28. The summed E-state index contributed by atoms with van der Waals surface area (Å²) in [5, 5.41) is 9.31. The van der Waals surface area contributed by atoms with Gasteiger partial charge in [-0.25, -0.2) is 8.78 Å². The van der Waals surface area contributed by atoms with E-state index in [2.05, 4.69) is 6.07 Å². The molecule has 1 aromatic rings. The molecule has 0 radical (unpaired) electrons. The first-order valence-corrected chi connectivity index (χ1v) is 5.60. The molecule has 1 saturated heterocycles. The van der Waals surface area contributed by atoms with Crippen LogP contribution in [0.2, 0.25) is 0 Å². The molecule has 0 saturated carbocycles. The average Bonchev–Trinajstić information content (AvgIpc) is 2.24. The summed E-state index contributed by atoms with van der Waals surface area (Å²) in [6, 6.07) is 5.21. The fourth-order valence-electron chi connectivity index (χ4n) is 2.40. The average molecular weight is 252 g/mol. The zero-order chi connectivity index (χ0) is 13.3. The Kier molecular flexibility index (Phi) is 3.33. The van der Waals surface area contributed by atoms with Crippen LogP contribution in [0.15, 0.2) is 18.2 Å². The van der Waals surface area contributed by atoms with Gasteiger partial charge in [-0.15, -0.1) is 0 Å². The number of ether oxygens (including phenoxy) is 1. The van der Waals surface area contributed by atoms with E-state index < -0.39 is 23.1 Å². The van der Waals surface area contributed by atoms with Gasteiger partial charge in [0.1, 0.15) is 17.0 Å². The topological polar surface area (TPSA) is 36.3 Å². The molecule has 0 amide bonds. The first kappa shape index (κ1) is 12.9. The lowest BCUT2D eigenvalue weighted by Crippen LogP contribution is -2.50. The second-order valence-electron chi connectivity index (χ2n) is 4.79. The number of nitriles is 1. The molecule has 0 bridgehead atoms. The summed E-state index contributed by atoms with van der Waals surface area (Å²) in [4.78, 5) is 1.77. The van der Waals surface area contributed by atoms with E-state index >= 15 is 0 Å². The Balaban J connectivity index is 2.46. The molecule has 1 unspecified atom stereocenters. The molecule has 2 rings (SSSR count). The van der Waals surface area contributed by atoms with Gasteiger partial charge in [-0.1, -0.05) is 6.07 Å². The minimum absolute atomic E-state index is 0.267. The van der Waals surface area contributed by atoms with E-state index in [1.165, 1.54) is 12.1 Å². The maximum Gasteiger partial charge on any atom is 0.130 e. The van der Waals surface area contributed by atoms with E-state index in [0.717, 1.165) is 6.07 Å². The third-order valence-corrected chi connectivity index (χ3v) is 3.24. The van der Waals surface area contributed by atoms with Crippen molar-refractivity contribution in [1.82, 2.24) is 4.90 Å². The summed E-state index contributed by atoms with van der Waals surface area (Å²) < 4.78 is 31.9. The minimum atomic E-state index is -0.762. The molecule has 1 heterocycles. The molecule has 1 aliphatic rings. The van der Waals surface area contributed by atoms with Crippen molar-refractivity contribution in [2.45, 2.75) is 6.04 Å². The van der Waals surface area contributed by atoms with E-state index in [9.17, 15) is 14.0 Å². The summed E-state index contributed by atoms with van der Waals surface area (Å²) in [5.41, 5.74) is -0.437. The molecule has 0 spiro atoms. The first-order chi connectivity index (χ1) is 8.50. The van der Waals surface area contributed by atoms with Gasteiger partial charge >= 0.3 is 0 Å². The van der Waals surface area contributed by atoms with Crippen LogP contribution < -0.4 is 0 Å². The molecule has 3 nitrogen and oxygen atoms in total. The highest BCUT2D eigenvalue weighted by Crippen LogP contribution is 2.43. The molecule has 1 aromatic carbocycles. The SMILES string of the molecule is CN(C)C(c1ccc(F)cc1F)C1(C#N)COC1. The van der Waals surface area contributed by atoms with Crippen LogP contribution >= 0.6 is 0 Å². The fourth-order valence-corrected chi connectivity index (χ4v) is 2.40. The number of nitrogens with zero attached hydrogens (tertiary/aromatic N) is 2. The van der Waals surface area contributed by atoms with E-state index in [4.69, 9.17) is 4.74 Å². The predicted octanol–water partition coefficient (Wildman–Crippen LogP) is 2.11. The number of rotatable bonds is 3. The van der Waals surface area contributed by atoms with Crippen LogP contribution in [0.5, 0.6) is 0 Å². The monoisotopic (exact) mass is 252 g/mol. The molecule has 0 N–H and O–H groups in total. The molecular formula is C13H14F2N2O. The second-order valence-corrected chi connectivity index (χ2v) is 4.79. The van der Waals surface area contributed by atoms with Gasteiger partial charge in [0.15, 0.2) is 0 Å². The Labute approximate surface area is 105 Å². The molecule has 18 heavy (non-hydrogen) atoms. The third kappa shape index (κ3) is 1.98. The maximum absolute atomic E-state index is 13.9. The Hall–Kier alpha value is -1.51. The van der Waals surface area contributed by atoms with Crippen molar-refractivity contribution in [3.63, 3.8) is 0 Å². The summed E-state index contributed by atoms with van der Waals surface area (Å²) in [6.45, 7) is 0.534. The Morgan fingerprint density at radius 3 is 2.44 bits per heavy atom. The summed E-state index contributed by atoms with van der Waals surface area (Å²) in [7, 11) is 3.54. The summed E-state index contributed by atoms with van der Waals surface area (Å²) in [5.74, 6) is -1.25. The van der Waals surface area contributed by atoms with E-state index in [0.29, 0.717) is 5.56 Å². The van der Waals surface area contributed by atoms with Gasteiger partial charge in [-0.2, -0.15) is 5.26 Å². The van der Waals surface area contributed by atoms with E-state index in [1.807, 2.05) is 0 Å². The molecule has 96 valence electrons. The number of benzene rings is 1. The summed E-state index contributed by atoms with van der Waals surface area (Å²) >= 11 is 0. The van der Waals surface area contributed by atoms with Gasteiger partial charge in [-0.3, -0.25) is 0 Å². The van der Waals surface area contributed by atoms with Crippen molar-refractivity contribution < 1.29 is 13.5 Å². The Bertz CT molecular complexity index is 492. The number of halogens is 2. The molecule has 1 fully saturated rings. The molecule has 5 heteroatoms. The first-order valence-electron chi connectivity index (χ1n) is 5.60. The Morgan fingerprint density at radius 2 is 2.06 bits per heavy atom. The van der Waals surface area contributed by atoms with Crippen LogP contribution in [-0.2, 0) is 4.74 Å². The van der Waals surface area contributed by atoms with Crippen molar-refractivity contribution in [1.29, 1.82) is 5.26 Å². The largest absolute Gasteiger partial charge is 0.378 e. The van der Waals surface area contributed by atoms with Crippen molar-refractivity contribution in [2.75, 3.05) is 27.3 Å². The van der Waals surface area contributed by atoms with Crippen LogP contribution in [0.1, 0.15) is 11.6 Å². The third-order valence-electron chi connectivity index (χ3n) is 3.24. The second kappa shape index (κ2) is 4.63. The van der Waals surface area contributed by atoms with Crippen molar-refractivity contribution >= 4 is 0 Å². The van der Waals surface area contributed by atoms with Gasteiger partial charge in [-0.05, 0) is 20.2 Å². The maximum atomic E-state index is 13.9. The lowest BCUT2D eigenvalue weighted by atomic mass is 9.75. The summed E-state index contributed by atoms with van der Waals surface area (Å²) in [6.07, 6.45) is 0. The highest BCUT2D eigenvalue weighted by atomic mass is 19.1. The molecule has 1 atom stereocenters. The molecule has 0 aliphatic carbocycles. The standard InChI is InChI=1S/C13H14F2N2O/c1-17(2)12(13(6-16)7-18-8-13)10-4-3-9(14)5-11(10)15/h3-5,12H,7-8H2,1-2H3. The van der Waals surface area contributed by atoms with Gasteiger partial charge in [0, 0.05) is 11.6 Å². The number of hydrogen-bond donors (Lipinski definition) is 0. The van der Waals surface area contributed by atoms with Gasteiger partial charge < -0.3 is 9.64 Å². The predicted molar refractivity (Wildman–Crippen MR) is 61.7 cm³/mol. The van der Waals surface area contributed by atoms with Crippen molar-refractivity contribution in [3.8, 4) is 6.07 Å². The van der Waals surface area contributed by atoms with Crippen LogP contribution in [-0.4, -0.2) is 32.2 Å². The smallest absolute Gasteiger partial charge is 0.130 e. The molecular weight excluding hydrogens is 238 g/mol. The fraction of sp³-hybridized carbons (Fsp3) is 0.462. The van der Waals surface area contributed by atoms with Crippen molar-refractivity contribution in [3.05, 3.63) is 35.4 Å².